The summed E-state index contributed by atoms with van der Waals surface area (Å²) in [6.07, 6.45) is 4.24. The van der Waals surface area contributed by atoms with Gasteiger partial charge in [-0.2, -0.15) is 0 Å². The Morgan fingerprint density at radius 2 is 2.06 bits per heavy atom. The average molecular weight is 239 g/mol. The summed E-state index contributed by atoms with van der Waals surface area (Å²) in [7, 11) is 0. The van der Waals surface area contributed by atoms with Crippen LogP contribution < -0.4 is 4.90 Å². The zero-order chi connectivity index (χ0) is 12.4. The van der Waals surface area contributed by atoms with Crippen LogP contribution in [0.4, 0.5) is 11.4 Å². The number of azide groups is 1. The third-order valence-electron chi connectivity index (χ3n) is 3.32. The molecule has 0 spiro atoms. The Hall–Kier alpha value is -2.26. The summed E-state index contributed by atoms with van der Waals surface area (Å²) >= 11 is 0. The molecule has 5 heteroatoms. The molecule has 2 heterocycles. The highest BCUT2D eigenvalue weighted by Gasteiger charge is 2.16. The Bertz CT molecular complexity index is 624. The predicted molar refractivity (Wildman–Crippen MR) is 72.0 cm³/mol. The molecule has 0 aliphatic carbocycles. The minimum atomic E-state index is 0.642. The molecular weight excluding hydrogens is 226 g/mol. The predicted octanol–water partition coefficient (Wildman–Crippen LogP) is 3.78. The van der Waals surface area contributed by atoms with Crippen LogP contribution in [0.25, 0.3) is 21.3 Å². The van der Waals surface area contributed by atoms with E-state index >= 15 is 0 Å². The van der Waals surface area contributed by atoms with E-state index in [1.165, 1.54) is 12.8 Å². The van der Waals surface area contributed by atoms with Crippen molar-refractivity contribution < 1.29 is 0 Å². The SMILES string of the molecule is [N-]=[N+]=Nc1ccc(N2CCCC2)c2ncccc12. The minimum absolute atomic E-state index is 0.642. The number of hydrogen-bond acceptors (Lipinski definition) is 3. The van der Waals surface area contributed by atoms with Crippen LogP contribution in [0, 0.1) is 0 Å². The maximum Gasteiger partial charge on any atom is 0.0939 e. The van der Waals surface area contributed by atoms with Gasteiger partial charge in [-0.05, 0) is 36.6 Å². The molecule has 1 fully saturated rings. The van der Waals surface area contributed by atoms with Crippen molar-refractivity contribution in [1.82, 2.24) is 4.98 Å². The van der Waals surface area contributed by atoms with E-state index in [2.05, 4.69) is 19.9 Å². The summed E-state index contributed by atoms with van der Waals surface area (Å²) in [6, 6.07) is 7.69. The van der Waals surface area contributed by atoms with Gasteiger partial charge in [0.25, 0.3) is 0 Å². The monoisotopic (exact) mass is 239 g/mol. The standard InChI is InChI=1S/C13H13N5/c14-17-16-11-5-6-12(18-8-1-2-9-18)13-10(11)4-3-7-15-13/h3-7H,1-2,8-9H2. The Balaban J connectivity index is 2.22. The zero-order valence-electron chi connectivity index (χ0n) is 9.95. The fourth-order valence-electron chi connectivity index (χ4n) is 2.49. The largest absolute Gasteiger partial charge is 0.370 e. The molecule has 0 unspecified atom stereocenters. The van der Waals surface area contributed by atoms with E-state index in [-0.39, 0.29) is 0 Å². The number of fused-ring (bicyclic) bond motifs is 1. The maximum absolute atomic E-state index is 8.59. The number of hydrogen-bond donors (Lipinski definition) is 0. The second kappa shape index (κ2) is 4.55. The highest BCUT2D eigenvalue weighted by molar-refractivity contribution is 5.98. The molecule has 18 heavy (non-hydrogen) atoms. The molecule has 5 nitrogen and oxygen atoms in total. The molecule has 90 valence electrons. The smallest absolute Gasteiger partial charge is 0.0939 e. The molecule has 1 aromatic heterocycles. The van der Waals surface area contributed by atoms with Gasteiger partial charge in [0.2, 0.25) is 0 Å². The zero-order valence-corrected chi connectivity index (χ0v) is 9.95. The number of anilines is 1. The maximum atomic E-state index is 8.59. The molecule has 0 atom stereocenters. The fourth-order valence-corrected chi connectivity index (χ4v) is 2.49. The van der Waals surface area contributed by atoms with Crippen molar-refractivity contribution in [2.45, 2.75) is 12.8 Å². The number of nitrogens with zero attached hydrogens (tertiary/aromatic N) is 5. The number of pyridine rings is 1. The van der Waals surface area contributed by atoms with Crippen LogP contribution in [-0.4, -0.2) is 18.1 Å². The Morgan fingerprint density at radius 1 is 1.22 bits per heavy atom. The lowest BCUT2D eigenvalue weighted by atomic mass is 10.1. The second-order valence-electron chi connectivity index (χ2n) is 4.39. The summed E-state index contributed by atoms with van der Waals surface area (Å²) in [5.74, 6) is 0. The molecule has 0 bridgehead atoms. The van der Waals surface area contributed by atoms with Crippen LogP contribution in [0.3, 0.4) is 0 Å². The van der Waals surface area contributed by atoms with E-state index in [9.17, 15) is 0 Å². The van der Waals surface area contributed by atoms with E-state index in [1.807, 2.05) is 24.3 Å². The van der Waals surface area contributed by atoms with Crippen molar-refractivity contribution in [3.05, 3.63) is 40.9 Å². The molecule has 1 saturated heterocycles. The van der Waals surface area contributed by atoms with Gasteiger partial charge in [0.05, 0.1) is 11.2 Å². The van der Waals surface area contributed by atoms with Gasteiger partial charge in [0.1, 0.15) is 0 Å². The van der Waals surface area contributed by atoms with E-state index < -0.39 is 0 Å². The third-order valence-corrected chi connectivity index (χ3v) is 3.32. The highest BCUT2D eigenvalue weighted by atomic mass is 15.2. The van der Waals surface area contributed by atoms with Crippen LogP contribution in [0.2, 0.25) is 0 Å². The normalized spacial score (nSPS) is 14.8. The molecular formula is C13H13N5. The highest BCUT2D eigenvalue weighted by Crippen LogP contribution is 2.33. The molecule has 0 radical (unpaired) electrons. The van der Waals surface area contributed by atoms with Crippen LogP contribution >= 0.6 is 0 Å². The first-order chi connectivity index (χ1) is 8.90. The molecule has 1 aliphatic heterocycles. The average Bonchev–Trinajstić information content (AvgIpc) is 2.93. The van der Waals surface area contributed by atoms with Crippen LogP contribution in [-0.2, 0) is 0 Å². The molecule has 1 aliphatic rings. The van der Waals surface area contributed by atoms with Gasteiger partial charge in [-0.25, -0.2) is 0 Å². The first kappa shape index (κ1) is 10.9. The lowest BCUT2D eigenvalue weighted by Gasteiger charge is -2.19. The third kappa shape index (κ3) is 1.75. The van der Waals surface area contributed by atoms with Crippen molar-refractivity contribution in [2.75, 3.05) is 18.0 Å². The van der Waals surface area contributed by atoms with Crippen molar-refractivity contribution in [2.24, 2.45) is 5.11 Å². The number of benzene rings is 1. The topological polar surface area (TPSA) is 64.9 Å². The summed E-state index contributed by atoms with van der Waals surface area (Å²) in [4.78, 5) is 9.65. The Morgan fingerprint density at radius 3 is 2.83 bits per heavy atom. The molecule has 2 aromatic rings. The van der Waals surface area contributed by atoms with Gasteiger partial charge >= 0.3 is 0 Å². The quantitative estimate of drug-likeness (QED) is 0.454. The summed E-state index contributed by atoms with van der Waals surface area (Å²) in [5, 5.41) is 4.64. The van der Waals surface area contributed by atoms with Crippen molar-refractivity contribution >= 4 is 22.3 Å². The first-order valence-electron chi connectivity index (χ1n) is 6.08. The Labute approximate surface area is 105 Å². The van der Waals surface area contributed by atoms with Gasteiger partial charge < -0.3 is 4.90 Å². The van der Waals surface area contributed by atoms with Gasteiger partial charge in [-0.1, -0.05) is 11.2 Å². The summed E-state index contributed by atoms with van der Waals surface area (Å²) in [5.41, 5.74) is 11.3. The molecule has 0 saturated carbocycles. The molecule has 0 amide bonds. The van der Waals surface area contributed by atoms with Gasteiger partial charge in [0, 0.05) is 35.3 Å². The summed E-state index contributed by atoms with van der Waals surface area (Å²) < 4.78 is 0. The lowest BCUT2D eigenvalue weighted by Crippen LogP contribution is -2.18. The van der Waals surface area contributed by atoms with E-state index in [0.717, 1.165) is 29.7 Å². The van der Waals surface area contributed by atoms with Crippen molar-refractivity contribution in [1.29, 1.82) is 0 Å². The molecule has 0 N–H and O–H groups in total. The van der Waals surface area contributed by atoms with Gasteiger partial charge in [-0.3, -0.25) is 4.98 Å². The van der Waals surface area contributed by atoms with E-state index in [4.69, 9.17) is 5.53 Å². The Kier molecular flexibility index (Phi) is 2.74. The van der Waals surface area contributed by atoms with Gasteiger partial charge in [0.15, 0.2) is 0 Å². The van der Waals surface area contributed by atoms with Crippen LogP contribution in [0.15, 0.2) is 35.6 Å². The number of rotatable bonds is 2. The first-order valence-corrected chi connectivity index (χ1v) is 6.08. The second-order valence-corrected chi connectivity index (χ2v) is 4.39. The van der Waals surface area contributed by atoms with Gasteiger partial charge in [-0.15, -0.1) is 0 Å². The van der Waals surface area contributed by atoms with E-state index in [0.29, 0.717) is 5.69 Å². The van der Waals surface area contributed by atoms with Crippen LogP contribution in [0.5, 0.6) is 0 Å². The molecule has 1 aromatic carbocycles. The fraction of sp³-hybridized carbons (Fsp3) is 0.308. The van der Waals surface area contributed by atoms with Crippen molar-refractivity contribution in [3.63, 3.8) is 0 Å². The molecule has 3 rings (SSSR count). The van der Waals surface area contributed by atoms with E-state index in [1.54, 1.807) is 6.20 Å². The lowest BCUT2D eigenvalue weighted by molar-refractivity contribution is 0.949. The van der Waals surface area contributed by atoms with Crippen molar-refractivity contribution in [3.8, 4) is 0 Å². The number of aromatic nitrogens is 1. The minimum Gasteiger partial charge on any atom is -0.370 e. The van der Waals surface area contributed by atoms with Crippen LogP contribution in [0.1, 0.15) is 12.8 Å². The summed E-state index contributed by atoms with van der Waals surface area (Å²) in [6.45, 7) is 2.15.